The van der Waals surface area contributed by atoms with Gasteiger partial charge in [0.2, 0.25) is 0 Å². The molecular formula is C10H18FNO3. The maximum atomic E-state index is 12.6. The topological polar surface area (TPSA) is 38.8 Å². The number of halogens is 1. The van der Waals surface area contributed by atoms with Crippen LogP contribution in [0.1, 0.15) is 27.2 Å². The van der Waals surface area contributed by atoms with Crippen LogP contribution in [0.3, 0.4) is 0 Å². The van der Waals surface area contributed by atoms with Gasteiger partial charge in [-0.3, -0.25) is 4.89 Å². The number of nitrogens with zero attached hydrogens (tertiary/aromatic N) is 1. The molecule has 0 radical (unpaired) electrons. The fourth-order valence-corrected chi connectivity index (χ4v) is 1.05. The first-order valence-electron chi connectivity index (χ1n) is 5.13. The second kappa shape index (κ2) is 4.79. The fraction of sp³-hybridized carbons (Fsp3) is 0.900. The molecule has 1 unspecified atom stereocenters. The first-order valence-corrected chi connectivity index (χ1v) is 5.13. The lowest BCUT2D eigenvalue weighted by Crippen LogP contribution is -2.43. The zero-order chi connectivity index (χ0) is 11.5. The Morgan fingerprint density at radius 1 is 1.47 bits per heavy atom. The summed E-state index contributed by atoms with van der Waals surface area (Å²) in [5.41, 5.74) is -0.385. The number of hydrogen-bond acceptors (Lipinski definition) is 3. The van der Waals surface area contributed by atoms with Crippen molar-refractivity contribution in [1.29, 1.82) is 0 Å². The lowest BCUT2D eigenvalue weighted by Gasteiger charge is -2.31. The van der Waals surface area contributed by atoms with Gasteiger partial charge < -0.3 is 4.90 Å². The van der Waals surface area contributed by atoms with Crippen LogP contribution in [0.5, 0.6) is 0 Å². The molecule has 0 bridgehead atoms. The van der Waals surface area contributed by atoms with E-state index in [0.29, 0.717) is 13.1 Å². The van der Waals surface area contributed by atoms with Gasteiger partial charge in [-0.2, -0.15) is 4.89 Å². The molecule has 0 saturated carbocycles. The number of rotatable bonds is 3. The molecule has 0 aliphatic carbocycles. The van der Waals surface area contributed by atoms with Gasteiger partial charge in [0, 0.05) is 13.1 Å². The Balaban J connectivity index is 2.30. The van der Waals surface area contributed by atoms with E-state index in [2.05, 4.69) is 4.89 Å². The van der Waals surface area contributed by atoms with Crippen LogP contribution in [0.2, 0.25) is 0 Å². The molecule has 1 rings (SSSR count). The Kier molecular flexibility index (Phi) is 3.90. The molecular weight excluding hydrogens is 201 g/mol. The van der Waals surface area contributed by atoms with E-state index in [1.54, 1.807) is 0 Å². The van der Waals surface area contributed by atoms with Crippen LogP contribution in [0.25, 0.3) is 0 Å². The van der Waals surface area contributed by atoms with E-state index in [1.165, 1.54) is 4.90 Å². The predicted octanol–water partition coefficient (Wildman–Crippen LogP) is 2.14. The summed E-state index contributed by atoms with van der Waals surface area (Å²) in [4.78, 5) is 22.1. The number of carbonyl (C=O) groups is 1. The van der Waals surface area contributed by atoms with E-state index in [9.17, 15) is 9.18 Å². The van der Waals surface area contributed by atoms with E-state index < -0.39 is 18.9 Å². The Morgan fingerprint density at radius 2 is 2.07 bits per heavy atom. The molecule has 1 amide bonds. The van der Waals surface area contributed by atoms with Crippen LogP contribution in [0.4, 0.5) is 9.18 Å². The van der Waals surface area contributed by atoms with Crippen LogP contribution < -0.4 is 0 Å². The van der Waals surface area contributed by atoms with E-state index in [-0.39, 0.29) is 5.41 Å². The summed E-state index contributed by atoms with van der Waals surface area (Å²) in [5, 5.41) is 0. The average molecular weight is 219 g/mol. The molecule has 5 heteroatoms. The molecule has 1 atom stereocenters. The van der Waals surface area contributed by atoms with Gasteiger partial charge in [-0.05, 0) is 11.8 Å². The SMILES string of the molecule is CC(C)(C)C(CF)OOC(=O)N1CCC1. The van der Waals surface area contributed by atoms with Gasteiger partial charge in [0.1, 0.15) is 12.8 Å². The highest BCUT2D eigenvalue weighted by molar-refractivity contribution is 5.67. The van der Waals surface area contributed by atoms with Gasteiger partial charge in [0.15, 0.2) is 0 Å². The second-order valence-electron chi connectivity index (χ2n) is 4.80. The van der Waals surface area contributed by atoms with Crippen molar-refractivity contribution >= 4 is 6.09 Å². The molecule has 88 valence electrons. The van der Waals surface area contributed by atoms with E-state index in [4.69, 9.17) is 4.89 Å². The number of likely N-dealkylation sites (tertiary alicyclic amines) is 1. The zero-order valence-corrected chi connectivity index (χ0v) is 9.46. The predicted molar refractivity (Wildman–Crippen MR) is 53.0 cm³/mol. The molecule has 0 aromatic rings. The number of carbonyl (C=O) groups excluding carboxylic acids is 1. The first kappa shape index (κ1) is 12.2. The van der Waals surface area contributed by atoms with Crippen molar-refractivity contribution < 1.29 is 19.0 Å². The van der Waals surface area contributed by atoms with Crippen molar-refractivity contribution in [1.82, 2.24) is 4.90 Å². The maximum Gasteiger partial charge on any atom is 0.441 e. The quantitative estimate of drug-likeness (QED) is 0.539. The van der Waals surface area contributed by atoms with Gasteiger partial charge >= 0.3 is 6.09 Å². The minimum Gasteiger partial charge on any atom is -0.306 e. The van der Waals surface area contributed by atoms with Crippen molar-refractivity contribution in [2.75, 3.05) is 19.8 Å². The molecule has 0 spiro atoms. The molecule has 1 aliphatic heterocycles. The molecule has 0 N–H and O–H groups in total. The third kappa shape index (κ3) is 3.34. The van der Waals surface area contributed by atoms with E-state index in [1.807, 2.05) is 20.8 Å². The lowest BCUT2D eigenvalue weighted by molar-refractivity contribution is -0.301. The number of alkyl halides is 1. The maximum absolute atomic E-state index is 12.6. The highest BCUT2D eigenvalue weighted by Gasteiger charge is 2.30. The summed E-state index contributed by atoms with van der Waals surface area (Å²) in [6, 6.07) is 0. The summed E-state index contributed by atoms with van der Waals surface area (Å²) in [6.07, 6.45) is -0.257. The van der Waals surface area contributed by atoms with Crippen LogP contribution in [-0.4, -0.2) is 36.9 Å². The molecule has 1 fully saturated rings. The van der Waals surface area contributed by atoms with Gasteiger partial charge in [-0.1, -0.05) is 20.8 Å². The molecule has 0 aromatic heterocycles. The Labute approximate surface area is 89.3 Å². The van der Waals surface area contributed by atoms with Gasteiger partial charge in [0.25, 0.3) is 0 Å². The Hall–Kier alpha value is -0.840. The Morgan fingerprint density at radius 3 is 2.40 bits per heavy atom. The van der Waals surface area contributed by atoms with Crippen molar-refractivity contribution in [3.63, 3.8) is 0 Å². The summed E-state index contributed by atoms with van der Waals surface area (Å²) in [5.74, 6) is 0. The normalized spacial score (nSPS) is 18.3. The molecule has 1 heterocycles. The first-order chi connectivity index (χ1) is 6.95. The summed E-state index contributed by atoms with van der Waals surface area (Å²) in [6.45, 7) is 6.20. The van der Waals surface area contributed by atoms with Crippen molar-refractivity contribution in [2.45, 2.75) is 33.3 Å². The van der Waals surface area contributed by atoms with Crippen LogP contribution in [-0.2, 0) is 9.78 Å². The van der Waals surface area contributed by atoms with E-state index in [0.717, 1.165) is 6.42 Å². The number of hydrogen-bond donors (Lipinski definition) is 0. The molecule has 4 nitrogen and oxygen atoms in total. The standard InChI is InChI=1S/C10H18FNO3/c1-10(2,3)8(7-11)14-15-9(13)12-5-4-6-12/h8H,4-7H2,1-3H3. The summed E-state index contributed by atoms with van der Waals surface area (Å²) >= 11 is 0. The summed E-state index contributed by atoms with van der Waals surface area (Å²) < 4.78 is 12.6. The van der Waals surface area contributed by atoms with E-state index >= 15 is 0 Å². The largest absolute Gasteiger partial charge is 0.441 e. The van der Waals surface area contributed by atoms with Gasteiger partial charge in [-0.15, -0.1) is 0 Å². The van der Waals surface area contributed by atoms with Gasteiger partial charge in [-0.25, -0.2) is 9.18 Å². The lowest BCUT2D eigenvalue weighted by atomic mass is 9.90. The van der Waals surface area contributed by atoms with Gasteiger partial charge in [0.05, 0.1) is 0 Å². The third-order valence-electron chi connectivity index (χ3n) is 2.46. The van der Waals surface area contributed by atoms with Crippen molar-refractivity contribution in [3.05, 3.63) is 0 Å². The van der Waals surface area contributed by atoms with Crippen molar-refractivity contribution in [3.8, 4) is 0 Å². The summed E-state index contributed by atoms with van der Waals surface area (Å²) in [7, 11) is 0. The second-order valence-corrected chi connectivity index (χ2v) is 4.80. The molecule has 1 aliphatic rings. The highest BCUT2D eigenvalue weighted by Crippen LogP contribution is 2.23. The molecule has 15 heavy (non-hydrogen) atoms. The average Bonchev–Trinajstić information content (AvgIpc) is 1.99. The van der Waals surface area contributed by atoms with Crippen LogP contribution in [0, 0.1) is 5.41 Å². The minimum atomic E-state index is -0.720. The number of amides is 1. The minimum absolute atomic E-state index is 0.385. The van der Waals surface area contributed by atoms with Crippen LogP contribution >= 0.6 is 0 Å². The van der Waals surface area contributed by atoms with Crippen LogP contribution in [0.15, 0.2) is 0 Å². The molecule has 1 saturated heterocycles. The Bertz CT molecular complexity index is 223. The smallest absolute Gasteiger partial charge is 0.306 e. The highest BCUT2D eigenvalue weighted by atomic mass is 19.1. The monoisotopic (exact) mass is 219 g/mol. The zero-order valence-electron chi connectivity index (χ0n) is 9.46. The van der Waals surface area contributed by atoms with Crippen molar-refractivity contribution in [2.24, 2.45) is 5.41 Å². The fourth-order valence-electron chi connectivity index (χ4n) is 1.05. The third-order valence-corrected chi connectivity index (χ3v) is 2.46. The molecule has 0 aromatic carbocycles.